The number of likely N-dealkylation sites (tertiary alicyclic amines) is 1. The van der Waals surface area contributed by atoms with Gasteiger partial charge in [0.25, 0.3) is 5.91 Å². The number of anilines is 1. The normalized spacial score (nSPS) is 25.8. The molecule has 8 nitrogen and oxygen atoms in total. The fourth-order valence-corrected chi connectivity index (χ4v) is 7.76. The Bertz CT molecular complexity index is 1350. The van der Waals surface area contributed by atoms with Crippen LogP contribution in [0.1, 0.15) is 53.6 Å². The number of carbonyl (C=O) groups is 1. The minimum atomic E-state index is -0.939. The lowest BCUT2D eigenvalue weighted by molar-refractivity contribution is -0.132. The number of methoxy groups -OCH3 is 1. The van der Waals surface area contributed by atoms with Crippen LogP contribution in [0.5, 0.6) is 6.01 Å². The van der Waals surface area contributed by atoms with E-state index in [0.717, 1.165) is 63.0 Å². The highest BCUT2D eigenvalue weighted by atomic mass is 19.1. The van der Waals surface area contributed by atoms with Gasteiger partial charge in [-0.15, -0.1) is 0 Å². The zero-order valence-electron chi connectivity index (χ0n) is 25.3. The van der Waals surface area contributed by atoms with Gasteiger partial charge in [-0.2, -0.15) is 9.97 Å². The predicted octanol–water partition coefficient (Wildman–Crippen LogP) is 4.07. The van der Waals surface area contributed by atoms with Gasteiger partial charge in [0.05, 0.1) is 18.3 Å². The van der Waals surface area contributed by atoms with E-state index in [0.29, 0.717) is 44.9 Å². The number of aryl methyl sites for hydroxylation is 1. The first-order valence-corrected chi connectivity index (χ1v) is 15.5. The number of likely N-dealkylation sites (N-methyl/N-ethyl adjacent to an activating group) is 1. The second-order valence-corrected chi connectivity index (χ2v) is 12.9. The number of hydrogen-bond acceptors (Lipinski definition) is 7. The van der Waals surface area contributed by atoms with E-state index in [2.05, 4.69) is 48.5 Å². The number of ether oxygens (including phenoxy) is 2. The summed E-state index contributed by atoms with van der Waals surface area (Å²) in [4.78, 5) is 28.8. The second kappa shape index (κ2) is 11.9. The summed E-state index contributed by atoms with van der Waals surface area (Å²) < 4.78 is 25.6. The van der Waals surface area contributed by atoms with Gasteiger partial charge >= 0.3 is 6.01 Å². The first-order valence-electron chi connectivity index (χ1n) is 15.5. The van der Waals surface area contributed by atoms with Crippen molar-refractivity contribution in [2.24, 2.45) is 5.41 Å². The molecule has 2 aliphatic carbocycles. The molecule has 4 aliphatic rings. The number of nitrogens with zero attached hydrogens (tertiary/aromatic N) is 5. The van der Waals surface area contributed by atoms with Gasteiger partial charge in [0.2, 0.25) is 0 Å². The highest BCUT2D eigenvalue weighted by Crippen LogP contribution is 2.47. The average molecular weight is 578 g/mol. The number of rotatable bonds is 7. The van der Waals surface area contributed by atoms with Crippen LogP contribution >= 0.6 is 0 Å². The predicted molar refractivity (Wildman–Crippen MR) is 161 cm³/mol. The van der Waals surface area contributed by atoms with Gasteiger partial charge in [-0.1, -0.05) is 24.8 Å². The number of aromatic nitrogens is 2. The van der Waals surface area contributed by atoms with Gasteiger partial charge in [-0.3, -0.25) is 4.79 Å². The van der Waals surface area contributed by atoms with Gasteiger partial charge < -0.3 is 24.2 Å². The van der Waals surface area contributed by atoms with Gasteiger partial charge in [0.1, 0.15) is 12.4 Å². The molecular formula is C33H44FN5O3. The van der Waals surface area contributed by atoms with Crippen LogP contribution in [0.25, 0.3) is 0 Å². The van der Waals surface area contributed by atoms with Crippen molar-refractivity contribution >= 4 is 11.7 Å². The molecule has 2 aliphatic heterocycles. The molecule has 0 radical (unpaired) electrons. The van der Waals surface area contributed by atoms with E-state index in [1.54, 1.807) is 12.0 Å². The lowest BCUT2D eigenvalue weighted by atomic mass is 9.63. The number of halogens is 1. The van der Waals surface area contributed by atoms with E-state index in [9.17, 15) is 9.18 Å². The van der Waals surface area contributed by atoms with Crippen LogP contribution in [0.3, 0.4) is 0 Å². The molecule has 2 saturated heterocycles. The first-order chi connectivity index (χ1) is 20.3. The molecule has 9 heteroatoms. The first kappa shape index (κ1) is 29.1. The Morgan fingerprint density at radius 2 is 1.90 bits per heavy atom. The Balaban J connectivity index is 1.30. The Labute approximate surface area is 248 Å². The van der Waals surface area contributed by atoms with Crippen molar-refractivity contribution in [3.05, 3.63) is 58.6 Å². The monoisotopic (exact) mass is 577 g/mol. The molecule has 3 heterocycles. The quantitative estimate of drug-likeness (QED) is 0.460. The lowest BCUT2D eigenvalue weighted by Gasteiger charge is -2.44. The topological polar surface area (TPSA) is 71.0 Å². The largest absolute Gasteiger partial charge is 0.462 e. The number of piperazine rings is 1. The molecule has 0 N–H and O–H groups in total. The summed E-state index contributed by atoms with van der Waals surface area (Å²) in [6, 6.07) is 7.22. The fraction of sp³-hybridized carbons (Fsp3) is 0.606. The SMILES string of the molecule is C=C(F)C(=O)N1CCN(c2nc(OC[C@@H]3CCCN3C)nc3c2CC[C@]2(CCc4c(C)cccc4C2)C3)C[C@@H]1COC. The molecule has 2 aromatic rings. The second-order valence-electron chi connectivity index (χ2n) is 12.9. The van der Waals surface area contributed by atoms with Crippen molar-refractivity contribution < 1.29 is 18.7 Å². The molecule has 3 atom stereocenters. The maximum atomic E-state index is 13.8. The Hall–Kier alpha value is -3.04. The van der Waals surface area contributed by atoms with Gasteiger partial charge in [-0.05, 0) is 94.0 Å². The molecule has 1 amide bonds. The van der Waals surface area contributed by atoms with E-state index in [-0.39, 0.29) is 11.5 Å². The zero-order valence-corrected chi connectivity index (χ0v) is 25.3. The van der Waals surface area contributed by atoms with Crippen molar-refractivity contribution in [3.63, 3.8) is 0 Å². The molecule has 1 aromatic carbocycles. The zero-order chi connectivity index (χ0) is 29.4. The van der Waals surface area contributed by atoms with Crippen LogP contribution in [0.2, 0.25) is 0 Å². The Morgan fingerprint density at radius 3 is 2.64 bits per heavy atom. The number of fused-ring (bicyclic) bond motifs is 2. The third-order valence-electron chi connectivity index (χ3n) is 10.2. The van der Waals surface area contributed by atoms with Crippen LogP contribution in [0.15, 0.2) is 30.6 Å². The molecule has 1 aromatic heterocycles. The molecule has 1 spiro atoms. The van der Waals surface area contributed by atoms with Crippen LogP contribution in [0.4, 0.5) is 10.2 Å². The van der Waals surface area contributed by atoms with Crippen LogP contribution in [-0.4, -0.2) is 91.3 Å². The minimum absolute atomic E-state index is 0.188. The molecule has 0 unspecified atom stereocenters. The van der Waals surface area contributed by atoms with E-state index < -0.39 is 11.7 Å². The summed E-state index contributed by atoms with van der Waals surface area (Å²) in [5, 5.41) is 0. The van der Waals surface area contributed by atoms with Gasteiger partial charge in [-0.25, -0.2) is 4.39 Å². The highest BCUT2D eigenvalue weighted by molar-refractivity contribution is 5.91. The van der Waals surface area contributed by atoms with Crippen molar-refractivity contribution in [3.8, 4) is 6.01 Å². The smallest absolute Gasteiger partial charge is 0.318 e. The van der Waals surface area contributed by atoms with Crippen molar-refractivity contribution in [2.75, 3.05) is 58.5 Å². The fourth-order valence-electron chi connectivity index (χ4n) is 7.76. The van der Waals surface area contributed by atoms with Crippen molar-refractivity contribution in [1.29, 1.82) is 0 Å². The molecule has 6 rings (SSSR count). The molecular weight excluding hydrogens is 533 g/mol. The maximum Gasteiger partial charge on any atom is 0.318 e. The summed E-state index contributed by atoms with van der Waals surface area (Å²) in [7, 11) is 3.75. The molecule has 2 fully saturated rings. The molecule has 0 saturated carbocycles. The van der Waals surface area contributed by atoms with Crippen LogP contribution in [0, 0.1) is 12.3 Å². The molecule has 42 heavy (non-hydrogen) atoms. The van der Waals surface area contributed by atoms with Crippen molar-refractivity contribution in [2.45, 2.75) is 70.4 Å². The van der Waals surface area contributed by atoms with E-state index in [1.165, 1.54) is 28.7 Å². The summed E-state index contributed by atoms with van der Waals surface area (Å²) in [6.07, 6.45) is 8.56. The lowest BCUT2D eigenvalue weighted by Crippen LogP contribution is -2.57. The average Bonchev–Trinajstić information content (AvgIpc) is 3.39. The van der Waals surface area contributed by atoms with Crippen LogP contribution in [-0.2, 0) is 35.2 Å². The van der Waals surface area contributed by atoms with E-state index in [4.69, 9.17) is 19.4 Å². The van der Waals surface area contributed by atoms with Crippen LogP contribution < -0.4 is 9.64 Å². The Morgan fingerprint density at radius 1 is 1.10 bits per heavy atom. The summed E-state index contributed by atoms with van der Waals surface area (Å²) >= 11 is 0. The number of amides is 1. The highest BCUT2D eigenvalue weighted by Gasteiger charge is 2.41. The summed E-state index contributed by atoms with van der Waals surface area (Å²) in [6.45, 7) is 8.85. The molecule has 0 bridgehead atoms. The van der Waals surface area contributed by atoms with E-state index in [1.807, 2.05) is 0 Å². The third kappa shape index (κ3) is 5.65. The number of benzene rings is 1. The Kier molecular flexibility index (Phi) is 8.24. The summed E-state index contributed by atoms with van der Waals surface area (Å²) in [5.41, 5.74) is 6.87. The maximum absolute atomic E-state index is 13.8. The number of carbonyl (C=O) groups excluding carboxylic acids is 1. The van der Waals surface area contributed by atoms with Crippen molar-refractivity contribution in [1.82, 2.24) is 19.8 Å². The van der Waals surface area contributed by atoms with Gasteiger partial charge in [0.15, 0.2) is 5.83 Å². The third-order valence-corrected chi connectivity index (χ3v) is 10.2. The van der Waals surface area contributed by atoms with E-state index >= 15 is 0 Å². The van der Waals surface area contributed by atoms with Gasteiger partial charge in [0, 0.05) is 38.3 Å². The molecule has 226 valence electrons. The standard InChI is InChI=1S/C33H44FN5O3/c1-22-7-5-8-24-17-33(12-10-27(22)24)13-11-28-29(18-33)35-32(42-21-25-9-6-14-37(25)3)36-30(28)38-15-16-39(31(40)23(2)34)26(19-38)20-41-4/h5,7-8,25-26H,2,6,9-21H2,1,3-4H3/t25-,26+,33-/m0/s1. The minimum Gasteiger partial charge on any atom is -0.462 e. The number of hydrogen-bond donors (Lipinski definition) is 0. The summed E-state index contributed by atoms with van der Waals surface area (Å²) in [5.74, 6) is -0.712.